The average Bonchev–Trinajstić information content (AvgIpc) is 2.21. The summed E-state index contributed by atoms with van der Waals surface area (Å²) in [6.45, 7) is 6.72. The van der Waals surface area contributed by atoms with E-state index in [9.17, 15) is 0 Å². The first kappa shape index (κ1) is 11.3. The standard InChI is InChI=1S/C14H21/c1-4-8-13-11-7-10-12(6-3)14(13)9-5-2/h7,11H,4-6,8-9H2,1-3H3. The van der Waals surface area contributed by atoms with E-state index in [2.05, 4.69) is 39.0 Å². The lowest BCUT2D eigenvalue weighted by Crippen LogP contribution is -1.99. The van der Waals surface area contributed by atoms with Gasteiger partial charge in [-0.05, 0) is 42.0 Å². The molecule has 0 N–H and O–H groups in total. The molecular formula is C14H21. The van der Waals surface area contributed by atoms with Gasteiger partial charge in [0.2, 0.25) is 0 Å². The second-order valence-electron chi connectivity index (χ2n) is 3.81. The van der Waals surface area contributed by atoms with Crippen molar-refractivity contribution in [3.05, 3.63) is 34.9 Å². The molecule has 0 amide bonds. The van der Waals surface area contributed by atoms with E-state index in [-0.39, 0.29) is 0 Å². The lowest BCUT2D eigenvalue weighted by molar-refractivity contribution is 0.844. The molecule has 1 aromatic carbocycles. The first-order valence-electron chi connectivity index (χ1n) is 5.84. The number of aryl methyl sites for hydroxylation is 2. The third-order valence-corrected chi connectivity index (χ3v) is 2.67. The summed E-state index contributed by atoms with van der Waals surface area (Å²) in [5.74, 6) is 0. The normalized spacial score (nSPS) is 10.5. The van der Waals surface area contributed by atoms with Crippen molar-refractivity contribution in [3.63, 3.8) is 0 Å². The molecule has 0 unspecified atom stereocenters. The van der Waals surface area contributed by atoms with E-state index < -0.39 is 0 Å². The van der Waals surface area contributed by atoms with E-state index in [1.54, 1.807) is 11.1 Å². The van der Waals surface area contributed by atoms with Gasteiger partial charge in [-0.25, -0.2) is 0 Å². The highest BCUT2D eigenvalue weighted by molar-refractivity contribution is 5.34. The monoisotopic (exact) mass is 189 g/mol. The molecule has 1 rings (SSSR count). The third-order valence-electron chi connectivity index (χ3n) is 2.67. The minimum absolute atomic E-state index is 1.12. The lowest BCUT2D eigenvalue weighted by Gasteiger charge is -2.12. The summed E-state index contributed by atoms with van der Waals surface area (Å²) in [6.07, 6.45) is 6.03. The molecule has 0 aliphatic heterocycles. The quantitative estimate of drug-likeness (QED) is 0.658. The number of benzene rings is 1. The average molecular weight is 189 g/mol. The molecule has 14 heavy (non-hydrogen) atoms. The minimum Gasteiger partial charge on any atom is -0.0651 e. The van der Waals surface area contributed by atoms with Gasteiger partial charge in [0.1, 0.15) is 0 Å². The molecule has 0 spiro atoms. The van der Waals surface area contributed by atoms with E-state index in [1.165, 1.54) is 31.2 Å². The maximum absolute atomic E-state index is 3.37. The molecule has 0 bridgehead atoms. The SMILES string of the molecule is CCCc1cc[c]c(CC)c1CCC. The van der Waals surface area contributed by atoms with Gasteiger partial charge in [0.15, 0.2) is 0 Å². The Morgan fingerprint density at radius 3 is 2.36 bits per heavy atom. The Kier molecular flexibility index (Phi) is 4.72. The van der Waals surface area contributed by atoms with Crippen molar-refractivity contribution in [3.8, 4) is 0 Å². The van der Waals surface area contributed by atoms with Crippen LogP contribution in [0.25, 0.3) is 0 Å². The lowest BCUT2D eigenvalue weighted by atomic mass is 9.93. The molecule has 0 saturated heterocycles. The molecule has 0 atom stereocenters. The van der Waals surface area contributed by atoms with Gasteiger partial charge in [-0.15, -0.1) is 0 Å². The maximum Gasteiger partial charge on any atom is -0.0146 e. The minimum atomic E-state index is 1.12. The fourth-order valence-electron chi connectivity index (χ4n) is 2.00. The van der Waals surface area contributed by atoms with Crippen LogP contribution in [0.15, 0.2) is 12.1 Å². The van der Waals surface area contributed by atoms with Gasteiger partial charge in [0.05, 0.1) is 0 Å². The van der Waals surface area contributed by atoms with E-state index in [1.807, 2.05) is 0 Å². The fraction of sp³-hybridized carbons (Fsp3) is 0.571. The van der Waals surface area contributed by atoms with Crippen LogP contribution in [0.5, 0.6) is 0 Å². The van der Waals surface area contributed by atoms with Crippen LogP contribution in [0.3, 0.4) is 0 Å². The van der Waals surface area contributed by atoms with E-state index in [0.717, 1.165) is 6.42 Å². The van der Waals surface area contributed by atoms with Crippen LogP contribution >= 0.6 is 0 Å². The van der Waals surface area contributed by atoms with Crippen molar-refractivity contribution in [2.45, 2.75) is 52.9 Å². The predicted molar refractivity (Wildman–Crippen MR) is 62.6 cm³/mol. The number of rotatable bonds is 5. The number of hydrogen-bond acceptors (Lipinski definition) is 0. The Bertz CT molecular complexity index is 273. The van der Waals surface area contributed by atoms with Crippen molar-refractivity contribution in [1.82, 2.24) is 0 Å². The summed E-state index contributed by atoms with van der Waals surface area (Å²) in [6, 6.07) is 7.70. The summed E-state index contributed by atoms with van der Waals surface area (Å²) in [7, 11) is 0. The van der Waals surface area contributed by atoms with Crippen LogP contribution in [-0.2, 0) is 19.3 Å². The van der Waals surface area contributed by atoms with Crippen LogP contribution < -0.4 is 0 Å². The molecule has 1 aromatic rings. The van der Waals surface area contributed by atoms with Crippen LogP contribution in [0.1, 0.15) is 50.3 Å². The second-order valence-corrected chi connectivity index (χ2v) is 3.81. The van der Waals surface area contributed by atoms with Gasteiger partial charge in [-0.1, -0.05) is 45.7 Å². The van der Waals surface area contributed by atoms with Gasteiger partial charge in [0, 0.05) is 0 Å². The zero-order chi connectivity index (χ0) is 10.4. The van der Waals surface area contributed by atoms with Gasteiger partial charge in [0.25, 0.3) is 0 Å². The molecule has 0 saturated carbocycles. The van der Waals surface area contributed by atoms with Crippen molar-refractivity contribution in [2.24, 2.45) is 0 Å². The summed E-state index contributed by atoms with van der Waals surface area (Å²) >= 11 is 0. The Balaban J connectivity index is 3.00. The van der Waals surface area contributed by atoms with Gasteiger partial charge < -0.3 is 0 Å². The van der Waals surface area contributed by atoms with Crippen molar-refractivity contribution in [1.29, 1.82) is 0 Å². The molecule has 1 radical (unpaired) electrons. The highest BCUT2D eigenvalue weighted by atomic mass is 14.1. The molecule has 0 heterocycles. The summed E-state index contributed by atoms with van der Waals surface area (Å²) < 4.78 is 0. The fourth-order valence-corrected chi connectivity index (χ4v) is 2.00. The smallest absolute Gasteiger partial charge is 0.0146 e. The van der Waals surface area contributed by atoms with E-state index >= 15 is 0 Å². The van der Waals surface area contributed by atoms with Crippen LogP contribution in [0, 0.1) is 6.07 Å². The number of hydrogen-bond donors (Lipinski definition) is 0. The van der Waals surface area contributed by atoms with E-state index in [0.29, 0.717) is 0 Å². The molecule has 0 aliphatic carbocycles. The molecule has 0 fully saturated rings. The summed E-state index contributed by atoms with van der Waals surface area (Å²) in [5, 5.41) is 0. The van der Waals surface area contributed by atoms with E-state index in [4.69, 9.17) is 0 Å². The highest BCUT2D eigenvalue weighted by Crippen LogP contribution is 2.18. The van der Waals surface area contributed by atoms with Crippen LogP contribution in [0.2, 0.25) is 0 Å². The van der Waals surface area contributed by atoms with Crippen LogP contribution in [0.4, 0.5) is 0 Å². The third kappa shape index (κ3) is 2.60. The Morgan fingerprint density at radius 1 is 1.07 bits per heavy atom. The Morgan fingerprint density at radius 2 is 1.79 bits per heavy atom. The Labute approximate surface area is 88.4 Å². The van der Waals surface area contributed by atoms with Crippen molar-refractivity contribution >= 4 is 0 Å². The molecule has 0 aliphatic rings. The largest absolute Gasteiger partial charge is 0.0651 e. The van der Waals surface area contributed by atoms with Crippen molar-refractivity contribution in [2.75, 3.05) is 0 Å². The predicted octanol–water partition coefficient (Wildman–Crippen LogP) is 3.95. The van der Waals surface area contributed by atoms with Gasteiger partial charge in [-0.3, -0.25) is 0 Å². The maximum atomic E-state index is 3.37. The molecule has 0 aromatic heterocycles. The zero-order valence-corrected chi connectivity index (χ0v) is 9.69. The molecule has 0 heteroatoms. The van der Waals surface area contributed by atoms with Gasteiger partial charge >= 0.3 is 0 Å². The topological polar surface area (TPSA) is 0 Å². The first-order chi connectivity index (χ1) is 6.83. The van der Waals surface area contributed by atoms with Crippen molar-refractivity contribution < 1.29 is 0 Å². The summed E-state index contributed by atoms with van der Waals surface area (Å²) in [5.41, 5.74) is 4.54. The second kappa shape index (κ2) is 5.85. The van der Waals surface area contributed by atoms with Crippen LogP contribution in [-0.4, -0.2) is 0 Å². The first-order valence-corrected chi connectivity index (χ1v) is 5.84. The highest BCUT2D eigenvalue weighted by Gasteiger charge is 2.05. The summed E-state index contributed by atoms with van der Waals surface area (Å²) in [4.78, 5) is 0. The molecular weight excluding hydrogens is 168 g/mol. The van der Waals surface area contributed by atoms with Gasteiger partial charge in [-0.2, -0.15) is 0 Å². The molecule has 0 nitrogen and oxygen atoms in total. The Hall–Kier alpha value is -0.780. The molecule has 77 valence electrons. The zero-order valence-electron chi connectivity index (χ0n) is 9.69.